The first-order valence-corrected chi connectivity index (χ1v) is 7.56. The zero-order chi connectivity index (χ0) is 18.4. The molecule has 1 amide bonds. The van der Waals surface area contributed by atoms with Crippen molar-refractivity contribution in [2.75, 3.05) is 10.6 Å². The lowest BCUT2D eigenvalue weighted by molar-refractivity contribution is -0.112. The molecule has 6 nitrogen and oxygen atoms in total. The predicted octanol–water partition coefficient (Wildman–Crippen LogP) is 3.80. The van der Waals surface area contributed by atoms with E-state index >= 15 is 0 Å². The van der Waals surface area contributed by atoms with Crippen LogP contribution in [0.4, 0.5) is 11.4 Å². The van der Waals surface area contributed by atoms with Crippen molar-refractivity contribution >= 4 is 34.9 Å². The second-order valence-corrected chi connectivity index (χ2v) is 5.53. The van der Waals surface area contributed by atoms with Crippen LogP contribution in [0.2, 0.25) is 5.02 Å². The minimum absolute atomic E-state index is 0.0349. The molecule has 0 aromatic heterocycles. The standard InChI is InChI=1S/C18H14ClN3O3/c1-11-5-6-14(8-16(11)19)21-10-13(9-20)17(23)22-15-4-2-3-12(7-15)18(24)25/h2-8,10,21H,1H3,(H,22,23)(H,24,25)/b13-10-. The van der Waals surface area contributed by atoms with Crippen molar-refractivity contribution in [3.63, 3.8) is 0 Å². The van der Waals surface area contributed by atoms with Crippen LogP contribution in [0.15, 0.2) is 54.2 Å². The molecule has 0 aliphatic carbocycles. The lowest BCUT2D eigenvalue weighted by Gasteiger charge is -2.07. The van der Waals surface area contributed by atoms with Crippen molar-refractivity contribution in [2.45, 2.75) is 6.92 Å². The number of halogens is 1. The number of hydrogen-bond donors (Lipinski definition) is 3. The Morgan fingerprint density at radius 1 is 1.20 bits per heavy atom. The number of rotatable bonds is 5. The molecule has 2 aromatic carbocycles. The predicted molar refractivity (Wildman–Crippen MR) is 95.5 cm³/mol. The number of anilines is 2. The molecule has 0 saturated carbocycles. The third kappa shape index (κ3) is 4.83. The number of nitrogens with one attached hydrogen (secondary N) is 2. The van der Waals surface area contributed by atoms with Gasteiger partial charge in [0.15, 0.2) is 0 Å². The van der Waals surface area contributed by atoms with E-state index in [0.29, 0.717) is 10.7 Å². The van der Waals surface area contributed by atoms with Gasteiger partial charge in [0.1, 0.15) is 11.6 Å². The fourth-order valence-electron chi connectivity index (χ4n) is 1.92. The average molecular weight is 356 g/mol. The van der Waals surface area contributed by atoms with E-state index < -0.39 is 11.9 Å². The van der Waals surface area contributed by atoms with E-state index in [-0.39, 0.29) is 16.8 Å². The van der Waals surface area contributed by atoms with Gasteiger partial charge in [-0.1, -0.05) is 23.7 Å². The largest absolute Gasteiger partial charge is 0.478 e. The summed E-state index contributed by atoms with van der Waals surface area (Å²) in [7, 11) is 0. The minimum atomic E-state index is -1.11. The lowest BCUT2D eigenvalue weighted by Crippen LogP contribution is -2.15. The van der Waals surface area contributed by atoms with Crippen molar-refractivity contribution < 1.29 is 14.7 Å². The normalized spacial score (nSPS) is 10.7. The van der Waals surface area contributed by atoms with Gasteiger partial charge >= 0.3 is 5.97 Å². The third-order valence-electron chi connectivity index (χ3n) is 3.29. The number of nitriles is 1. The molecular formula is C18H14ClN3O3. The molecule has 0 radical (unpaired) electrons. The molecule has 0 aliphatic heterocycles. The minimum Gasteiger partial charge on any atom is -0.478 e. The highest BCUT2D eigenvalue weighted by Gasteiger charge is 2.11. The molecule has 25 heavy (non-hydrogen) atoms. The zero-order valence-corrected chi connectivity index (χ0v) is 14.0. The van der Waals surface area contributed by atoms with Crippen molar-refractivity contribution in [3.8, 4) is 6.07 Å². The Labute approximate surface area is 149 Å². The molecule has 126 valence electrons. The Morgan fingerprint density at radius 2 is 1.96 bits per heavy atom. The first-order valence-electron chi connectivity index (χ1n) is 7.18. The summed E-state index contributed by atoms with van der Waals surface area (Å²) in [6.07, 6.45) is 1.26. The van der Waals surface area contributed by atoms with E-state index in [1.807, 2.05) is 13.0 Å². The number of benzene rings is 2. The molecule has 2 aromatic rings. The number of amides is 1. The summed E-state index contributed by atoms with van der Waals surface area (Å²) in [5.74, 6) is -1.76. The Kier molecular flexibility index (Phi) is 5.77. The summed E-state index contributed by atoms with van der Waals surface area (Å²) in [6, 6.07) is 12.8. The van der Waals surface area contributed by atoms with Crippen LogP contribution in [0.3, 0.4) is 0 Å². The summed E-state index contributed by atoms with van der Waals surface area (Å²) in [5, 5.41) is 24.0. The van der Waals surface area contributed by atoms with Crippen LogP contribution >= 0.6 is 11.6 Å². The highest BCUT2D eigenvalue weighted by molar-refractivity contribution is 6.31. The number of aromatic carboxylic acids is 1. The smallest absolute Gasteiger partial charge is 0.335 e. The molecular weight excluding hydrogens is 342 g/mol. The van der Waals surface area contributed by atoms with Gasteiger partial charge in [0.05, 0.1) is 5.56 Å². The second-order valence-electron chi connectivity index (χ2n) is 5.12. The number of carbonyl (C=O) groups excluding carboxylic acids is 1. The van der Waals surface area contributed by atoms with Gasteiger partial charge < -0.3 is 15.7 Å². The molecule has 0 aliphatic rings. The molecule has 0 fully saturated rings. The number of hydrogen-bond acceptors (Lipinski definition) is 4. The number of nitrogens with zero attached hydrogens (tertiary/aromatic N) is 1. The first-order chi connectivity index (χ1) is 11.9. The van der Waals surface area contributed by atoms with Gasteiger partial charge in [-0.15, -0.1) is 0 Å². The maximum atomic E-state index is 12.2. The molecule has 0 bridgehead atoms. The van der Waals surface area contributed by atoms with E-state index in [9.17, 15) is 9.59 Å². The molecule has 0 atom stereocenters. The summed E-state index contributed by atoms with van der Waals surface area (Å²) in [4.78, 5) is 23.1. The SMILES string of the molecule is Cc1ccc(N/C=C(/C#N)C(=O)Nc2cccc(C(=O)O)c2)cc1Cl. The van der Waals surface area contributed by atoms with E-state index in [2.05, 4.69) is 10.6 Å². The van der Waals surface area contributed by atoms with Gasteiger partial charge in [-0.2, -0.15) is 5.26 Å². The van der Waals surface area contributed by atoms with Gasteiger partial charge in [-0.3, -0.25) is 4.79 Å². The molecule has 0 unspecified atom stereocenters. The molecule has 3 N–H and O–H groups in total. The Morgan fingerprint density at radius 3 is 2.60 bits per heavy atom. The third-order valence-corrected chi connectivity index (χ3v) is 3.69. The number of carboxylic acids is 1. The number of carboxylic acid groups (broad SMARTS) is 1. The molecule has 7 heteroatoms. The fourth-order valence-corrected chi connectivity index (χ4v) is 2.10. The number of carbonyl (C=O) groups is 2. The van der Waals surface area contributed by atoms with Gasteiger partial charge in [-0.25, -0.2) is 4.79 Å². The monoisotopic (exact) mass is 355 g/mol. The van der Waals surface area contributed by atoms with Crippen LogP contribution in [0.5, 0.6) is 0 Å². The summed E-state index contributed by atoms with van der Waals surface area (Å²) in [5.41, 5.74) is 1.69. The molecule has 0 heterocycles. The van der Waals surface area contributed by atoms with Crippen LogP contribution in [-0.2, 0) is 4.79 Å². The summed E-state index contributed by atoms with van der Waals surface area (Å²) < 4.78 is 0. The van der Waals surface area contributed by atoms with Gasteiger partial charge in [0, 0.05) is 22.6 Å². The van der Waals surface area contributed by atoms with Crippen LogP contribution in [-0.4, -0.2) is 17.0 Å². The van der Waals surface area contributed by atoms with Crippen molar-refractivity contribution in [3.05, 3.63) is 70.4 Å². The topological polar surface area (TPSA) is 102 Å². The Bertz CT molecular complexity index is 901. The number of aryl methyl sites for hydroxylation is 1. The van der Waals surface area contributed by atoms with E-state index in [1.54, 1.807) is 18.2 Å². The first kappa shape index (κ1) is 18.0. The fraction of sp³-hybridized carbons (Fsp3) is 0.0556. The highest BCUT2D eigenvalue weighted by Crippen LogP contribution is 2.20. The lowest BCUT2D eigenvalue weighted by atomic mass is 10.2. The van der Waals surface area contributed by atoms with E-state index in [0.717, 1.165) is 5.56 Å². The van der Waals surface area contributed by atoms with Gasteiger partial charge in [0.2, 0.25) is 0 Å². The summed E-state index contributed by atoms with van der Waals surface area (Å²) >= 11 is 6.02. The quantitative estimate of drug-likeness (QED) is 0.559. The van der Waals surface area contributed by atoms with Crippen LogP contribution < -0.4 is 10.6 Å². The second kappa shape index (κ2) is 7.99. The highest BCUT2D eigenvalue weighted by atomic mass is 35.5. The van der Waals surface area contributed by atoms with Gasteiger partial charge in [-0.05, 0) is 42.8 Å². The van der Waals surface area contributed by atoms with E-state index in [1.165, 1.54) is 30.5 Å². The van der Waals surface area contributed by atoms with E-state index in [4.69, 9.17) is 22.0 Å². The van der Waals surface area contributed by atoms with Crippen LogP contribution in [0.1, 0.15) is 15.9 Å². The maximum Gasteiger partial charge on any atom is 0.335 e. The van der Waals surface area contributed by atoms with Crippen molar-refractivity contribution in [1.29, 1.82) is 5.26 Å². The Hall–Kier alpha value is -3.30. The zero-order valence-electron chi connectivity index (χ0n) is 13.2. The molecule has 2 rings (SSSR count). The van der Waals surface area contributed by atoms with Crippen molar-refractivity contribution in [2.24, 2.45) is 0 Å². The summed E-state index contributed by atoms with van der Waals surface area (Å²) in [6.45, 7) is 1.86. The van der Waals surface area contributed by atoms with Crippen LogP contribution in [0.25, 0.3) is 0 Å². The van der Waals surface area contributed by atoms with Crippen LogP contribution in [0, 0.1) is 18.3 Å². The molecule has 0 spiro atoms. The molecule has 0 saturated heterocycles. The maximum absolute atomic E-state index is 12.2. The Balaban J connectivity index is 2.12. The van der Waals surface area contributed by atoms with Crippen molar-refractivity contribution in [1.82, 2.24) is 0 Å². The van der Waals surface area contributed by atoms with Gasteiger partial charge in [0.25, 0.3) is 5.91 Å². The average Bonchev–Trinajstić information content (AvgIpc) is 2.58.